The Hall–Kier alpha value is -1.13. The zero-order valence-electron chi connectivity index (χ0n) is 8.94. The van der Waals surface area contributed by atoms with E-state index in [0.717, 1.165) is 29.5 Å². The lowest BCUT2D eigenvalue weighted by Gasteiger charge is -2.03. The second-order valence-corrected chi connectivity index (χ2v) is 4.58. The predicted octanol–water partition coefficient (Wildman–Crippen LogP) is 2.53. The Bertz CT molecular complexity index is 448. The molecule has 2 N–H and O–H groups in total. The quantitative estimate of drug-likeness (QED) is 0.935. The standard InChI is InChI=1S/C12H14BrN3/c13-11-8-15-16(9-11)12-5-3-10(4-6-12)2-1-7-14/h3-6,8-9H,1-2,7,14H2. The molecule has 0 fully saturated rings. The van der Waals surface area contributed by atoms with Crippen molar-refractivity contribution in [3.8, 4) is 5.69 Å². The van der Waals surface area contributed by atoms with Gasteiger partial charge >= 0.3 is 0 Å². The molecule has 0 radical (unpaired) electrons. The molecule has 0 aliphatic heterocycles. The van der Waals surface area contributed by atoms with Gasteiger partial charge in [0.05, 0.1) is 16.4 Å². The Labute approximate surface area is 103 Å². The van der Waals surface area contributed by atoms with E-state index in [1.807, 2.05) is 10.9 Å². The van der Waals surface area contributed by atoms with Gasteiger partial charge in [0.1, 0.15) is 0 Å². The Balaban J connectivity index is 2.13. The van der Waals surface area contributed by atoms with Crippen molar-refractivity contribution in [3.05, 3.63) is 46.7 Å². The Morgan fingerprint density at radius 3 is 2.56 bits per heavy atom. The van der Waals surface area contributed by atoms with Crippen LogP contribution in [0.2, 0.25) is 0 Å². The van der Waals surface area contributed by atoms with E-state index >= 15 is 0 Å². The van der Waals surface area contributed by atoms with Crippen molar-refractivity contribution in [2.75, 3.05) is 6.54 Å². The fourth-order valence-electron chi connectivity index (χ4n) is 1.56. The van der Waals surface area contributed by atoms with Gasteiger partial charge in [-0.1, -0.05) is 12.1 Å². The highest BCUT2D eigenvalue weighted by Crippen LogP contribution is 2.13. The summed E-state index contributed by atoms with van der Waals surface area (Å²) >= 11 is 3.38. The third-order valence-electron chi connectivity index (χ3n) is 2.42. The van der Waals surface area contributed by atoms with E-state index in [0.29, 0.717) is 0 Å². The van der Waals surface area contributed by atoms with Crippen molar-refractivity contribution in [1.29, 1.82) is 0 Å². The number of halogens is 1. The van der Waals surface area contributed by atoms with Crippen molar-refractivity contribution < 1.29 is 0 Å². The SMILES string of the molecule is NCCCc1ccc(-n2cc(Br)cn2)cc1. The summed E-state index contributed by atoms with van der Waals surface area (Å²) in [5, 5.41) is 4.23. The molecule has 4 heteroatoms. The molecule has 1 aromatic heterocycles. The van der Waals surface area contributed by atoms with Crippen LogP contribution < -0.4 is 5.73 Å². The van der Waals surface area contributed by atoms with Crippen molar-refractivity contribution in [2.45, 2.75) is 12.8 Å². The molecule has 3 nitrogen and oxygen atoms in total. The number of benzene rings is 1. The molecule has 0 atom stereocenters. The topological polar surface area (TPSA) is 43.8 Å². The van der Waals surface area contributed by atoms with Gasteiger partial charge in [-0.2, -0.15) is 5.10 Å². The largest absolute Gasteiger partial charge is 0.330 e. The van der Waals surface area contributed by atoms with Gasteiger partial charge in [0.2, 0.25) is 0 Å². The van der Waals surface area contributed by atoms with E-state index in [4.69, 9.17) is 5.73 Å². The monoisotopic (exact) mass is 279 g/mol. The number of rotatable bonds is 4. The van der Waals surface area contributed by atoms with Crippen LogP contribution >= 0.6 is 15.9 Å². The van der Waals surface area contributed by atoms with Crippen LogP contribution in [-0.2, 0) is 6.42 Å². The molecule has 1 aromatic carbocycles. The van der Waals surface area contributed by atoms with Gasteiger partial charge in [-0.15, -0.1) is 0 Å². The summed E-state index contributed by atoms with van der Waals surface area (Å²) < 4.78 is 2.83. The second kappa shape index (κ2) is 5.27. The molecular weight excluding hydrogens is 266 g/mol. The van der Waals surface area contributed by atoms with Gasteiger partial charge in [-0.05, 0) is 53.0 Å². The van der Waals surface area contributed by atoms with Crippen LogP contribution in [0.3, 0.4) is 0 Å². The number of nitrogens with zero attached hydrogens (tertiary/aromatic N) is 2. The minimum absolute atomic E-state index is 0.744. The first-order valence-electron chi connectivity index (χ1n) is 5.29. The number of hydrogen-bond donors (Lipinski definition) is 1. The highest BCUT2D eigenvalue weighted by molar-refractivity contribution is 9.10. The van der Waals surface area contributed by atoms with E-state index in [9.17, 15) is 0 Å². The molecule has 0 unspecified atom stereocenters. The van der Waals surface area contributed by atoms with E-state index in [-0.39, 0.29) is 0 Å². The van der Waals surface area contributed by atoms with Crippen LogP contribution in [0.25, 0.3) is 5.69 Å². The summed E-state index contributed by atoms with van der Waals surface area (Å²) in [6.45, 7) is 0.744. The van der Waals surface area contributed by atoms with Gasteiger partial charge in [-0.3, -0.25) is 0 Å². The third-order valence-corrected chi connectivity index (χ3v) is 2.83. The number of hydrogen-bond acceptors (Lipinski definition) is 2. The fraction of sp³-hybridized carbons (Fsp3) is 0.250. The zero-order valence-corrected chi connectivity index (χ0v) is 10.5. The lowest BCUT2D eigenvalue weighted by atomic mass is 10.1. The summed E-state index contributed by atoms with van der Waals surface area (Å²) in [5.41, 5.74) is 7.87. The third kappa shape index (κ3) is 2.71. The molecule has 0 saturated heterocycles. The summed E-state index contributed by atoms with van der Waals surface area (Å²) in [7, 11) is 0. The average Bonchev–Trinajstić information content (AvgIpc) is 2.74. The molecule has 84 valence electrons. The van der Waals surface area contributed by atoms with Gasteiger partial charge in [0.25, 0.3) is 0 Å². The van der Waals surface area contributed by atoms with E-state index in [1.54, 1.807) is 6.20 Å². The summed E-state index contributed by atoms with van der Waals surface area (Å²) in [5.74, 6) is 0. The highest BCUT2D eigenvalue weighted by Gasteiger charge is 1.99. The van der Waals surface area contributed by atoms with Gasteiger partial charge < -0.3 is 5.73 Å². The molecule has 0 spiro atoms. The zero-order chi connectivity index (χ0) is 11.4. The highest BCUT2D eigenvalue weighted by atomic mass is 79.9. The Kier molecular flexibility index (Phi) is 3.74. The molecule has 0 aliphatic rings. The summed E-state index contributed by atoms with van der Waals surface area (Å²) in [4.78, 5) is 0. The Morgan fingerprint density at radius 1 is 1.25 bits per heavy atom. The first-order chi connectivity index (χ1) is 7.79. The molecule has 1 heterocycles. The van der Waals surface area contributed by atoms with Crippen LogP contribution in [0.4, 0.5) is 0 Å². The molecule has 2 rings (SSSR count). The molecule has 0 amide bonds. The molecule has 0 bridgehead atoms. The molecule has 0 saturated carbocycles. The number of nitrogens with two attached hydrogens (primary N) is 1. The van der Waals surface area contributed by atoms with Crippen molar-refractivity contribution in [3.63, 3.8) is 0 Å². The maximum Gasteiger partial charge on any atom is 0.0646 e. The molecular formula is C12H14BrN3. The van der Waals surface area contributed by atoms with Crippen molar-refractivity contribution in [1.82, 2.24) is 9.78 Å². The first-order valence-corrected chi connectivity index (χ1v) is 6.08. The molecule has 0 aliphatic carbocycles. The average molecular weight is 280 g/mol. The predicted molar refractivity (Wildman–Crippen MR) is 68.6 cm³/mol. The van der Waals surface area contributed by atoms with E-state index < -0.39 is 0 Å². The van der Waals surface area contributed by atoms with Gasteiger partial charge in [-0.25, -0.2) is 4.68 Å². The van der Waals surface area contributed by atoms with E-state index in [2.05, 4.69) is 45.3 Å². The van der Waals surface area contributed by atoms with Crippen molar-refractivity contribution >= 4 is 15.9 Å². The lowest BCUT2D eigenvalue weighted by Crippen LogP contribution is -2.00. The Morgan fingerprint density at radius 2 is 2.00 bits per heavy atom. The maximum atomic E-state index is 5.48. The number of aromatic nitrogens is 2. The van der Waals surface area contributed by atoms with Crippen LogP contribution in [0.5, 0.6) is 0 Å². The minimum Gasteiger partial charge on any atom is -0.330 e. The van der Waals surface area contributed by atoms with Crippen LogP contribution in [-0.4, -0.2) is 16.3 Å². The molecule has 16 heavy (non-hydrogen) atoms. The smallest absolute Gasteiger partial charge is 0.0646 e. The summed E-state index contributed by atoms with van der Waals surface area (Å²) in [6, 6.07) is 8.40. The van der Waals surface area contributed by atoms with Crippen LogP contribution in [0, 0.1) is 0 Å². The number of aryl methyl sites for hydroxylation is 1. The van der Waals surface area contributed by atoms with Gasteiger partial charge in [0.15, 0.2) is 0 Å². The summed E-state index contributed by atoms with van der Waals surface area (Å²) in [6.07, 6.45) is 5.80. The first kappa shape index (κ1) is 11.4. The minimum atomic E-state index is 0.744. The van der Waals surface area contributed by atoms with E-state index in [1.165, 1.54) is 5.56 Å². The molecule has 2 aromatic rings. The maximum absolute atomic E-state index is 5.48. The lowest BCUT2D eigenvalue weighted by molar-refractivity contribution is 0.829. The fourth-order valence-corrected chi connectivity index (χ4v) is 1.85. The van der Waals surface area contributed by atoms with Crippen LogP contribution in [0.1, 0.15) is 12.0 Å². The normalized spacial score (nSPS) is 10.6. The van der Waals surface area contributed by atoms with Crippen molar-refractivity contribution in [2.24, 2.45) is 5.73 Å². The van der Waals surface area contributed by atoms with Gasteiger partial charge in [0, 0.05) is 6.20 Å². The second-order valence-electron chi connectivity index (χ2n) is 3.66. The van der Waals surface area contributed by atoms with Crippen LogP contribution in [0.15, 0.2) is 41.1 Å².